The highest BCUT2D eigenvalue weighted by Gasteiger charge is 2.40. The van der Waals surface area contributed by atoms with Gasteiger partial charge in [0.1, 0.15) is 29.8 Å². The molecule has 1 N–H and O–H groups in total. The molecule has 1 aromatic heterocycles. The molecule has 3 saturated heterocycles. The molecule has 0 unspecified atom stereocenters. The molecule has 4 aliphatic heterocycles. The number of aromatic nitrogens is 2. The molecule has 5 aliphatic rings. The predicted molar refractivity (Wildman–Crippen MR) is 153 cm³/mol. The molecule has 1 aliphatic carbocycles. The van der Waals surface area contributed by atoms with Gasteiger partial charge >= 0.3 is 0 Å². The average Bonchev–Trinajstić information content (AvgIpc) is 3.67. The smallest absolute Gasteiger partial charge is 0.246 e. The number of carbonyl (C=O) groups excluding carboxylic acids is 1. The number of likely N-dealkylation sites (tertiary alicyclic amines) is 2. The molecule has 0 bridgehead atoms. The summed E-state index contributed by atoms with van der Waals surface area (Å²) in [5.74, 6) is 3.59. The third kappa shape index (κ3) is 4.62. The molecule has 40 heavy (non-hydrogen) atoms. The van der Waals surface area contributed by atoms with Crippen molar-refractivity contribution in [1.82, 2.24) is 19.8 Å². The quantitative estimate of drug-likeness (QED) is 0.549. The molecule has 5 heterocycles. The third-order valence-electron chi connectivity index (χ3n) is 9.17. The fourth-order valence-electron chi connectivity index (χ4n) is 6.62. The lowest BCUT2D eigenvalue weighted by atomic mass is 9.87. The van der Waals surface area contributed by atoms with E-state index in [9.17, 15) is 13.2 Å². The summed E-state index contributed by atoms with van der Waals surface area (Å²) in [5, 5.41) is 3.60. The Hall–Kier alpha value is -3.18. The first-order valence-corrected chi connectivity index (χ1v) is 16.2. The zero-order valence-electron chi connectivity index (χ0n) is 22.9. The van der Waals surface area contributed by atoms with Crippen LogP contribution in [-0.2, 0) is 14.6 Å². The van der Waals surface area contributed by atoms with Crippen molar-refractivity contribution < 1.29 is 17.9 Å². The van der Waals surface area contributed by atoms with E-state index in [1.54, 1.807) is 6.33 Å². The molecule has 11 heteroatoms. The van der Waals surface area contributed by atoms with Crippen LogP contribution in [0.1, 0.15) is 60.8 Å². The van der Waals surface area contributed by atoms with Crippen molar-refractivity contribution in [2.75, 3.05) is 61.0 Å². The van der Waals surface area contributed by atoms with Gasteiger partial charge in [0, 0.05) is 51.2 Å². The van der Waals surface area contributed by atoms with Gasteiger partial charge in [-0.05, 0) is 55.4 Å². The number of nitrogens with one attached hydrogen (secondary N) is 1. The first kappa shape index (κ1) is 25.8. The number of sulfone groups is 1. The van der Waals surface area contributed by atoms with Crippen LogP contribution in [0.15, 0.2) is 31.1 Å². The molecule has 1 saturated carbocycles. The van der Waals surface area contributed by atoms with Crippen molar-refractivity contribution in [3.63, 3.8) is 0 Å². The van der Waals surface area contributed by atoms with E-state index >= 15 is 0 Å². The van der Waals surface area contributed by atoms with Crippen LogP contribution in [0, 0.1) is 0 Å². The zero-order chi connectivity index (χ0) is 27.6. The minimum absolute atomic E-state index is 0.0253. The Labute approximate surface area is 235 Å². The van der Waals surface area contributed by atoms with Gasteiger partial charge < -0.3 is 19.9 Å². The largest absolute Gasteiger partial charge is 0.483 e. The van der Waals surface area contributed by atoms with Crippen molar-refractivity contribution in [2.45, 2.75) is 50.2 Å². The predicted octanol–water partition coefficient (Wildman–Crippen LogP) is 2.97. The van der Waals surface area contributed by atoms with E-state index in [1.165, 1.54) is 30.0 Å². The highest BCUT2D eigenvalue weighted by Crippen LogP contribution is 2.52. The lowest BCUT2D eigenvalue weighted by Gasteiger charge is -2.43. The Morgan fingerprint density at radius 3 is 2.58 bits per heavy atom. The van der Waals surface area contributed by atoms with Crippen LogP contribution < -0.4 is 15.0 Å². The van der Waals surface area contributed by atoms with Crippen LogP contribution in [0.3, 0.4) is 0 Å². The SMILES string of the molecule is C=CC(=O)N1CC[C@H](N2CC(c3cc4c(c(C5CC5)c3)O[C@H](C)c3c(ncnc3N3CCS(=O)(=O)CC3)N4)C2)C1. The molecule has 0 radical (unpaired) electrons. The van der Waals surface area contributed by atoms with Crippen molar-refractivity contribution in [3.8, 4) is 5.75 Å². The van der Waals surface area contributed by atoms with Crippen LogP contribution in [-0.4, -0.2) is 90.9 Å². The monoisotopic (exact) mass is 564 g/mol. The van der Waals surface area contributed by atoms with Gasteiger partial charge in [-0.3, -0.25) is 9.69 Å². The number of fused-ring (bicyclic) bond motifs is 2. The number of carbonyl (C=O) groups is 1. The Balaban J connectivity index is 1.14. The minimum atomic E-state index is -3.00. The highest BCUT2D eigenvalue weighted by molar-refractivity contribution is 7.91. The molecule has 4 fully saturated rings. The zero-order valence-corrected chi connectivity index (χ0v) is 23.7. The highest BCUT2D eigenvalue weighted by atomic mass is 32.2. The molecule has 2 aromatic rings. The second-order valence-electron chi connectivity index (χ2n) is 11.8. The van der Waals surface area contributed by atoms with Gasteiger partial charge in [0.25, 0.3) is 0 Å². The summed E-state index contributed by atoms with van der Waals surface area (Å²) in [4.78, 5) is 27.7. The number of benzene rings is 1. The summed E-state index contributed by atoms with van der Waals surface area (Å²) >= 11 is 0. The van der Waals surface area contributed by atoms with Gasteiger partial charge in [-0.2, -0.15) is 0 Å². The number of hydrogen-bond donors (Lipinski definition) is 1. The third-order valence-corrected chi connectivity index (χ3v) is 10.8. The van der Waals surface area contributed by atoms with Gasteiger partial charge in [-0.1, -0.05) is 12.6 Å². The number of anilines is 3. The number of nitrogens with zero attached hydrogens (tertiary/aromatic N) is 5. The molecule has 1 aromatic carbocycles. The van der Waals surface area contributed by atoms with Crippen LogP contribution in [0.4, 0.5) is 17.3 Å². The number of rotatable bonds is 5. The fraction of sp³-hybridized carbons (Fsp3) is 0.552. The van der Waals surface area contributed by atoms with E-state index in [1.807, 2.05) is 16.7 Å². The first-order valence-electron chi connectivity index (χ1n) is 14.4. The van der Waals surface area contributed by atoms with Crippen LogP contribution >= 0.6 is 0 Å². The minimum Gasteiger partial charge on any atom is -0.483 e. The first-order chi connectivity index (χ1) is 19.3. The summed E-state index contributed by atoms with van der Waals surface area (Å²) in [7, 11) is -3.00. The van der Waals surface area contributed by atoms with E-state index < -0.39 is 9.84 Å². The maximum absolute atomic E-state index is 12.0. The van der Waals surface area contributed by atoms with E-state index in [-0.39, 0.29) is 23.5 Å². The molecule has 2 atom stereocenters. The lowest BCUT2D eigenvalue weighted by molar-refractivity contribution is -0.125. The van der Waals surface area contributed by atoms with Crippen molar-refractivity contribution in [1.29, 1.82) is 0 Å². The van der Waals surface area contributed by atoms with Gasteiger partial charge in [0.05, 0.1) is 22.8 Å². The normalized spacial score (nSPS) is 26.1. The molecule has 1 amide bonds. The lowest BCUT2D eigenvalue weighted by Crippen LogP contribution is -2.51. The van der Waals surface area contributed by atoms with E-state index in [0.29, 0.717) is 31.0 Å². The number of ether oxygens (including phenoxy) is 1. The Morgan fingerprint density at radius 1 is 1.07 bits per heavy atom. The maximum Gasteiger partial charge on any atom is 0.246 e. The van der Waals surface area contributed by atoms with Gasteiger partial charge in [0.2, 0.25) is 5.91 Å². The topological polar surface area (TPSA) is 108 Å². The molecular formula is C29H36N6O4S. The van der Waals surface area contributed by atoms with Gasteiger partial charge in [-0.25, -0.2) is 18.4 Å². The summed E-state index contributed by atoms with van der Waals surface area (Å²) in [6, 6.07) is 4.99. The van der Waals surface area contributed by atoms with Crippen molar-refractivity contribution >= 4 is 33.1 Å². The Kier molecular flexibility index (Phi) is 6.27. The maximum atomic E-state index is 12.0. The average molecular weight is 565 g/mol. The van der Waals surface area contributed by atoms with Crippen LogP contribution in [0.2, 0.25) is 0 Å². The Bertz CT molecular complexity index is 1460. The fourth-order valence-corrected chi connectivity index (χ4v) is 7.82. The van der Waals surface area contributed by atoms with E-state index in [0.717, 1.165) is 61.2 Å². The molecule has 7 rings (SSSR count). The van der Waals surface area contributed by atoms with Gasteiger partial charge in [0.15, 0.2) is 9.84 Å². The van der Waals surface area contributed by atoms with Crippen LogP contribution in [0.25, 0.3) is 0 Å². The second-order valence-corrected chi connectivity index (χ2v) is 14.1. The second kappa shape index (κ2) is 9.73. The summed E-state index contributed by atoms with van der Waals surface area (Å²) in [5.41, 5.74) is 4.39. The Morgan fingerprint density at radius 2 is 1.85 bits per heavy atom. The summed E-state index contributed by atoms with van der Waals surface area (Å²) in [6.45, 7) is 10.1. The van der Waals surface area contributed by atoms with Crippen LogP contribution in [0.5, 0.6) is 5.75 Å². The molecule has 212 valence electrons. The number of hydrogen-bond acceptors (Lipinski definition) is 9. The van der Waals surface area contributed by atoms with E-state index in [4.69, 9.17) is 4.74 Å². The number of amides is 1. The van der Waals surface area contributed by atoms with Crippen molar-refractivity contribution in [3.05, 3.63) is 47.8 Å². The summed E-state index contributed by atoms with van der Waals surface area (Å²) < 4.78 is 30.8. The molecule has 10 nitrogen and oxygen atoms in total. The van der Waals surface area contributed by atoms with E-state index in [2.05, 4.69) is 38.9 Å². The van der Waals surface area contributed by atoms with Crippen molar-refractivity contribution in [2.24, 2.45) is 0 Å². The summed E-state index contributed by atoms with van der Waals surface area (Å²) in [6.07, 6.45) is 6.03. The van der Waals surface area contributed by atoms with Gasteiger partial charge in [-0.15, -0.1) is 0 Å². The molecular weight excluding hydrogens is 528 g/mol. The standard InChI is InChI=1S/C29H36N6O4S/c1-3-25(36)34-7-6-22(16-34)35-14-21(15-35)20-12-23(19-4-5-19)27-24(13-20)32-28-26(18(2)39-27)29(31-17-30-28)33-8-10-40(37,38)11-9-33/h3,12-13,17-19,21-22H,1,4-11,14-16H2,2H3,(H,30,31,32)/t18-,22+/m1/s1. The molecule has 0 spiro atoms.